The van der Waals surface area contributed by atoms with Gasteiger partial charge in [-0.25, -0.2) is 0 Å². The largest absolute Gasteiger partial charge is 0.573 e. The first-order chi connectivity index (χ1) is 17.2. The molecule has 4 aromatic rings. The number of rotatable bonds is 9. The predicted octanol–water partition coefficient (Wildman–Crippen LogP) is 3.21. The predicted molar refractivity (Wildman–Crippen MR) is 122 cm³/mol. The van der Waals surface area contributed by atoms with Gasteiger partial charge in [0.15, 0.2) is 0 Å². The Labute approximate surface area is 202 Å². The van der Waals surface area contributed by atoms with Crippen LogP contribution in [0.1, 0.15) is 5.56 Å². The summed E-state index contributed by atoms with van der Waals surface area (Å²) in [5.74, 6) is 0.442. The molecule has 188 valence electrons. The van der Waals surface area contributed by atoms with Gasteiger partial charge in [-0.15, -0.1) is 13.2 Å². The minimum Gasteiger partial charge on any atom is -0.491 e. The van der Waals surface area contributed by atoms with Crippen LogP contribution in [0, 0.1) is 0 Å². The standard InChI is InChI=1S/C24H21F3N4O5/c25-24(26,27)35-19-7-4-16(5-8-19)22-29-23(36-30-22)17-6-9-21(33)31(13-17)12-15-2-1-3-20(10-15)34-14-18(32)11-28/h1-10,13,18,32H,11-12,14,28H2. The highest BCUT2D eigenvalue weighted by Crippen LogP contribution is 2.27. The number of benzene rings is 2. The van der Waals surface area contributed by atoms with Gasteiger partial charge in [-0.1, -0.05) is 17.3 Å². The van der Waals surface area contributed by atoms with Crippen molar-refractivity contribution in [3.8, 4) is 34.3 Å². The zero-order chi connectivity index (χ0) is 25.7. The van der Waals surface area contributed by atoms with E-state index >= 15 is 0 Å². The molecule has 0 bridgehead atoms. The van der Waals surface area contributed by atoms with Crippen molar-refractivity contribution in [2.75, 3.05) is 13.2 Å². The lowest BCUT2D eigenvalue weighted by Crippen LogP contribution is -2.26. The molecule has 0 aliphatic carbocycles. The van der Waals surface area contributed by atoms with Crippen LogP contribution >= 0.6 is 0 Å². The molecular formula is C24H21F3N4O5. The number of halogens is 3. The van der Waals surface area contributed by atoms with Crippen LogP contribution in [0.15, 0.2) is 76.2 Å². The lowest BCUT2D eigenvalue weighted by atomic mass is 10.2. The molecule has 0 spiro atoms. The van der Waals surface area contributed by atoms with Crippen molar-refractivity contribution in [3.05, 3.63) is 82.8 Å². The van der Waals surface area contributed by atoms with Gasteiger partial charge >= 0.3 is 6.36 Å². The van der Waals surface area contributed by atoms with E-state index in [0.717, 1.165) is 17.7 Å². The molecule has 0 amide bonds. The molecule has 3 N–H and O–H groups in total. The topological polar surface area (TPSA) is 126 Å². The van der Waals surface area contributed by atoms with Gasteiger partial charge < -0.3 is 29.4 Å². The number of ether oxygens (including phenoxy) is 2. The van der Waals surface area contributed by atoms with Gasteiger partial charge in [-0.3, -0.25) is 4.79 Å². The SMILES string of the molecule is NCC(O)COc1cccc(Cn2cc(-c3nc(-c4ccc(OC(F)(F)F)cc4)no3)ccc2=O)c1. The first-order valence-corrected chi connectivity index (χ1v) is 10.7. The molecule has 0 saturated heterocycles. The summed E-state index contributed by atoms with van der Waals surface area (Å²) in [6.45, 7) is 0.356. The Bertz CT molecular complexity index is 1370. The van der Waals surface area contributed by atoms with E-state index in [9.17, 15) is 23.1 Å². The fraction of sp³-hybridized carbons (Fsp3) is 0.208. The highest BCUT2D eigenvalue weighted by molar-refractivity contribution is 5.60. The van der Waals surface area contributed by atoms with Crippen molar-refractivity contribution in [1.29, 1.82) is 0 Å². The van der Waals surface area contributed by atoms with E-state index in [1.807, 2.05) is 6.07 Å². The van der Waals surface area contributed by atoms with Gasteiger partial charge in [-0.2, -0.15) is 4.98 Å². The van der Waals surface area contributed by atoms with E-state index in [2.05, 4.69) is 14.9 Å². The van der Waals surface area contributed by atoms with Crippen LogP contribution in [0.5, 0.6) is 11.5 Å². The molecule has 1 atom stereocenters. The number of nitrogens with zero attached hydrogens (tertiary/aromatic N) is 3. The number of hydrogen-bond donors (Lipinski definition) is 2. The summed E-state index contributed by atoms with van der Waals surface area (Å²) in [6.07, 6.45) is -4.00. The Morgan fingerprint density at radius 2 is 1.81 bits per heavy atom. The molecule has 36 heavy (non-hydrogen) atoms. The molecule has 9 nitrogen and oxygen atoms in total. The van der Waals surface area contributed by atoms with Gasteiger partial charge in [0.25, 0.3) is 11.4 Å². The number of pyridine rings is 1. The first kappa shape index (κ1) is 24.9. The Kier molecular flexibility index (Phi) is 7.36. The molecule has 0 saturated carbocycles. The zero-order valence-corrected chi connectivity index (χ0v) is 18.7. The van der Waals surface area contributed by atoms with Gasteiger partial charge in [0, 0.05) is 24.4 Å². The third-order valence-electron chi connectivity index (χ3n) is 4.97. The lowest BCUT2D eigenvalue weighted by molar-refractivity contribution is -0.274. The van der Waals surface area contributed by atoms with E-state index in [1.165, 1.54) is 28.8 Å². The van der Waals surface area contributed by atoms with Gasteiger partial charge in [0.2, 0.25) is 5.82 Å². The van der Waals surface area contributed by atoms with E-state index in [0.29, 0.717) is 16.9 Å². The fourth-order valence-electron chi connectivity index (χ4n) is 3.24. The van der Waals surface area contributed by atoms with Crippen LogP contribution in [0.3, 0.4) is 0 Å². The molecule has 0 fully saturated rings. The van der Waals surface area contributed by atoms with E-state index in [4.69, 9.17) is 15.0 Å². The van der Waals surface area contributed by atoms with Crippen molar-refractivity contribution >= 4 is 0 Å². The minimum absolute atomic E-state index is 0.0486. The maximum atomic E-state index is 12.4. The Morgan fingerprint density at radius 1 is 1.06 bits per heavy atom. The van der Waals surface area contributed by atoms with Crippen LogP contribution in [0.25, 0.3) is 22.8 Å². The molecule has 2 aromatic heterocycles. The van der Waals surface area contributed by atoms with E-state index < -0.39 is 12.5 Å². The second-order valence-corrected chi connectivity index (χ2v) is 7.73. The summed E-state index contributed by atoms with van der Waals surface area (Å²) >= 11 is 0. The molecular weight excluding hydrogens is 481 g/mol. The average Bonchev–Trinajstić information content (AvgIpc) is 3.34. The van der Waals surface area contributed by atoms with Gasteiger partial charge in [0.1, 0.15) is 24.2 Å². The van der Waals surface area contributed by atoms with Gasteiger partial charge in [-0.05, 0) is 48.0 Å². The number of aliphatic hydroxyl groups is 1. The van der Waals surface area contributed by atoms with Crippen molar-refractivity contribution in [3.63, 3.8) is 0 Å². The Hall–Kier alpha value is -4.16. The summed E-state index contributed by atoms with van der Waals surface area (Å²) in [6, 6.07) is 15.0. The van der Waals surface area contributed by atoms with Crippen LogP contribution in [0.4, 0.5) is 13.2 Å². The van der Waals surface area contributed by atoms with Crippen LogP contribution in [0.2, 0.25) is 0 Å². The summed E-state index contributed by atoms with van der Waals surface area (Å²) in [4.78, 5) is 16.7. The number of nitrogens with two attached hydrogens (primary N) is 1. The molecule has 2 aromatic carbocycles. The molecule has 0 aliphatic rings. The molecule has 12 heteroatoms. The molecule has 1 unspecified atom stereocenters. The van der Waals surface area contributed by atoms with Crippen LogP contribution in [-0.4, -0.2) is 45.4 Å². The molecule has 0 aliphatic heterocycles. The number of alkyl halides is 3. The minimum atomic E-state index is -4.79. The highest BCUT2D eigenvalue weighted by atomic mass is 19.4. The van der Waals surface area contributed by atoms with Crippen molar-refractivity contribution in [2.45, 2.75) is 19.0 Å². The number of aromatic nitrogens is 3. The zero-order valence-electron chi connectivity index (χ0n) is 18.7. The summed E-state index contributed by atoms with van der Waals surface area (Å²) in [5.41, 5.74) is 6.79. The van der Waals surface area contributed by atoms with Gasteiger partial charge in [0.05, 0.1) is 12.1 Å². The molecule has 2 heterocycles. The summed E-state index contributed by atoms with van der Waals surface area (Å²) in [5, 5.41) is 13.4. The monoisotopic (exact) mass is 502 g/mol. The number of hydrogen-bond acceptors (Lipinski definition) is 8. The van der Waals surface area contributed by atoms with Crippen molar-refractivity contribution in [2.24, 2.45) is 5.73 Å². The highest BCUT2D eigenvalue weighted by Gasteiger charge is 2.31. The van der Waals surface area contributed by atoms with Crippen LogP contribution < -0.4 is 20.8 Å². The molecule has 0 radical (unpaired) electrons. The third kappa shape index (κ3) is 6.49. The quantitative estimate of drug-likeness (QED) is 0.357. The Morgan fingerprint density at radius 3 is 2.53 bits per heavy atom. The Balaban J connectivity index is 1.50. The van der Waals surface area contributed by atoms with E-state index in [1.54, 1.807) is 24.4 Å². The summed E-state index contributed by atoms with van der Waals surface area (Å²) < 4.78 is 53.2. The van der Waals surface area contributed by atoms with E-state index in [-0.39, 0.29) is 42.7 Å². The lowest BCUT2D eigenvalue weighted by Gasteiger charge is -2.12. The third-order valence-corrected chi connectivity index (χ3v) is 4.97. The van der Waals surface area contributed by atoms with Crippen molar-refractivity contribution < 1.29 is 32.3 Å². The second-order valence-electron chi connectivity index (χ2n) is 7.73. The first-order valence-electron chi connectivity index (χ1n) is 10.7. The maximum Gasteiger partial charge on any atom is 0.573 e. The number of aliphatic hydroxyl groups excluding tert-OH is 1. The summed E-state index contributed by atoms with van der Waals surface area (Å²) in [7, 11) is 0. The second kappa shape index (κ2) is 10.6. The average molecular weight is 502 g/mol. The maximum absolute atomic E-state index is 12.4. The smallest absolute Gasteiger partial charge is 0.491 e. The van der Waals surface area contributed by atoms with Crippen molar-refractivity contribution in [1.82, 2.24) is 14.7 Å². The van der Waals surface area contributed by atoms with Crippen LogP contribution in [-0.2, 0) is 6.54 Å². The molecule has 4 rings (SSSR count). The normalized spacial score (nSPS) is 12.4. The fourth-order valence-corrected chi connectivity index (χ4v) is 3.24.